The number of fused-ring (bicyclic) bond motifs is 1. The number of nitrogens with one attached hydrogen (secondary N) is 2. The van der Waals surface area contributed by atoms with Crippen molar-refractivity contribution >= 4 is 22.9 Å². The summed E-state index contributed by atoms with van der Waals surface area (Å²) < 4.78 is 1.59. The highest BCUT2D eigenvalue weighted by molar-refractivity contribution is 5.94. The van der Waals surface area contributed by atoms with Crippen LogP contribution >= 0.6 is 0 Å². The molecule has 1 aliphatic rings. The van der Waals surface area contributed by atoms with Crippen LogP contribution in [0.1, 0.15) is 68.4 Å². The maximum absolute atomic E-state index is 12.9. The molecular formula is C26H33N5O2. The number of carbonyl (C=O) groups excluding carboxylic acids is 1. The normalized spacial score (nSPS) is 14.3. The topological polar surface area (TPSA) is 88.9 Å². The molecule has 0 spiro atoms. The largest absolute Gasteiger partial charge is 0.354 e. The van der Waals surface area contributed by atoms with Gasteiger partial charge in [0.2, 0.25) is 5.95 Å². The molecule has 7 heteroatoms. The molecule has 2 aromatic heterocycles. The van der Waals surface area contributed by atoms with Crippen molar-refractivity contribution in [3.63, 3.8) is 0 Å². The van der Waals surface area contributed by atoms with Gasteiger partial charge >= 0.3 is 0 Å². The third-order valence-electron chi connectivity index (χ3n) is 6.33. The number of anilines is 1. The average Bonchev–Trinajstić information content (AvgIpc) is 3.63. The minimum Gasteiger partial charge on any atom is -0.354 e. The van der Waals surface area contributed by atoms with Gasteiger partial charge in [0.15, 0.2) is 5.65 Å². The third-order valence-corrected chi connectivity index (χ3v) is 6.33. The number of nitrogens with zero attached hydrogens (tertiary/aromatic N) is 3. The van der Waals surface area contributed by atoms with Crippen LogP contribution in [0.4, 0.5) is 5.95 Å². The van der Waals surface area contributed by atoms with Crippen LogP contribution < -0.4 is 16.2 Å². The van der Waals surface area contributed by atoms with Crippen molar-refractivity contribution in [1.82, 2.24) is 19.9 Å². The van der Waals surface area contributed by atoms with Crippen LogP contribution in [0.25, 0.3) is 16.7 Å². The smallest absolute Gasteiger partial charge is 0.256 e. The van der Waals surface area contributed by atoms with Crippen molar-refractivity contribution in [3.05, 3.63) is 58.0 Å². The van der Waals surface area contributed by atoms with Gasteiger partial charge in [-0.05, 0) is 62.4 Å². The lowest BCUT2D eigenvalue weighted by Crippen LogP contribution is -2.25. The summed E-state index contributed by atoms with van der Waals surface area (Å²) in [5, 5.41) is 7.21. The van der Waals surface area contributed by atoms with Gasteiger partial charge in [-0.1, -0.05) is 33.1 Å². The Morgan fingerprint density at radius 2 is 1.88 bits per heavy atom. The predicted molar refractivity (Wildman–Crippen MR) is 132 cm³/mol. The Kier molecular flexibility index (Phi) is 7.06. The lowest BCUT2D eigenvalue weighted by Gasteiger charge is -2.17. The summed E-state index contributed by atoms with van der Waals surface area (Å²) in [4.78, 5) is 34.5. The van der Waals surface area contributed by atoms with Gasteiger partial charge in [0.05, 0.1) is 11.4 Å². The van der Waals surface area contributed by atoms with Crippen LogP contribution in [0.2, 0.25) is 0 Å². The summed E-state index contributed by atoms with van der Waals surface area (Å²) in [5.41, 5.74) is 2.47. The van der Waals surface area contributed by atoms with E-state index in [2.05, 4.69) is 29.5 Å². The fourth-order valence-electron chi connectivity index (χ4n) is 4.03. The molecule has 2 heterocycles. The van der Waals surface area contributed by atoms with E-state index in [4.69, 9.17) is 4.98 Å². The van der Waals surface area contributed by atoms with Gasteiger partial charge in [-0.25, -0.2) is 4.98 Å². The standard InChI is InChI=1S/C26H33N5O2/c1-4-6-7-18(5-2)16-27-26-28-17(3)22-14-15-23(32)31(24(22)30-26)21-12-8-19(9-13-21)25(33)29-20-10-11-20/h8-9,12-15,18,20H,4-7,10-11,16H2,1-3H3,(H,29,33)(H,27,28,30). The van der Waals surface area contributed by atoms with E-state index in [1.807, 2.05) is 6.92 Å². The van der Waals surface area contributed by atoms with Gasteiger partial charge in [-0.3, -0.25) is 14.2 Å². The van der Waals surface area contributed by atoms with E-state index in [1.54, 1.807) is 34.9 Å². The Morgan fingerprint density at radius 1 is 1.12 bits per heavy atom. The second kappa shape index (κ2) is 10.1. The second-order valence-electron chi connectivity index (χ2n) is 8.97. The molecule has 0 saturated heterocycles. The predicted octanol–water partition coefficient (Wildman–Crippen LogP) is 4.61. The highest BCUT2D eigenvalue weighted by Gasteiger charge is 2.23. The summed E-state index contributed by atoms with van der Waals surface area (Å²) in [6.07, 6.45) is 6.77. The van der Waals surface area contributed by atoms with Gasteiger partial charge in [0, 0.05) is 29.6 Å². The van der Waals surface area contributed by atoms with Crippen LogP contribution in [-0.4, -0.2) is 33.0 Å². The van der Waals surface area contributed by atoms with E-state index in [0.717, 1.165) is 36.9 Å². The first kappa shape index (κ1) is 23.0. The van der Waals surface area contributed by atoms with E-state index >= 15 is 0 Å². The Morgan fingerprint density at radius 3 is 2.55 bits per heavy atom. The molecule has 33 heavy (non-hydrogen) atoms. The molecule has 1 fully saturated rings. The summed E-state index contributed by atoms with van der Waals surface area (Å²) in [7, 11) is 0. The van der Waals surface area contributed by atoms with Crippen molar-refractivity contribution in [2.45, 2.75) is 65.3 Å². The monoisotopic (exact) mass is 447 g/mol. The number of hydrogen-bond acceptors (Lipinski definition) is 5. The lowest BCUT2D eigenvalue weighted by atomic mass is 9.99. The molecular weight excluding hydrogens is 414 g/mol. The number of hydrogen-bond donors (Lipinski definition) is 2. The van der Waals surface area contributed by atoms with Crippen LogP contribution in [-0.2, 0) is 0 Å². The molecule has 1 saturated carbocycles. The van der Waals surface area contributed by atoms with Crippen molar-refractivity contribution in [3.8, 4) is 5.69 Å². The molecule has 4 rings (SSSR count). The zero-order chi connectivity index (χ0) is 23.4. The molecule has 0 radical (unpaired) electrons. The van der Waals surface area contributed by atoms with Gasteiger partial charge in [0.25, 0.3) is 11.5 Å². The SMILES string of the molecule is CCCCC(CC)CNc1nc(C)c2ccc(=O)n(-c3ccc(C(=O)NC4CC4)cc3)c2n1. The molecule has 1 unspecified atom stereocenters. The molecule has 0 bridgehead atoms. The molecule has 3 aromatic rings. The number of amides is 1. The molecule has 174 valence electrons. The molecule has 1 atom stereocenters. The third kappa shape index (κ3) is 5.41. The van der Waals surface area contributed by atoms with Gasteiger partial charge in [-0.2, -0.15) is 4.98 Å². The summed E-state index contributed by atoms with van der Waals surface area (Å²) in [5.74, 6) is 1.03. The van der Waals surface area contributed by atoms with E-state index < -0.39 is 0 Å². The van der Waals surface area contributed by atoms with Gasteiger partial charge in [0.1, 0.15) is 0 Å². The zero-order valence-corrected chi connectivity index (χ0v) is 19.7. The van der Waals surface area contributed by atoms with Crippen LogP contribution in [0, 0.1) is 12.8 Å². The first-order valence-electron chi connectivity index (χ1n) is 12.1. The van der Waals surface area contributed by atoms with E-state index in [9.17, 15) is 9.59 Å². The fourth-order valence-corrected chi connectivity index (χ4v) is 4.03. The Bertz CT molecular complexity index is 1180. The summed E-state index contributed by atoms with van der Waals surface area (Å²) >= 11 is 0. The molecule has 0 aliphatic heterocycles. The number of carbonyl (C=O) groups is 1. The molecule has 7 nitrogen and oxygen atoms in total. The minimum atomic E-state index is -0.170. The summed E-state index contributed by atoms with van der Waals surface area (Å²) in [6.45, 7) is 7.16. The maximum atomic E-state index is 12.9. The zero-order valence-electron chi connectivity index (χ0n) is 19.7. The lowest BCUT2D eigenvalue weighted by molar-refractivity contribution is 0.0951. The average molecular weight is 448 g/mol. The van der Waals surface area contributed by atoms with Crippen molar-refractivity contribution in [2.75, 3.05) is 11.9 Å². The first-order valence-corrected chi connectivity index (χ1v) is 12.1. The molecule has 1 aliphatic carbocycles. The van der Waals surface area contributed by atoms with Crippen molar-refractivity contribution < 1.29 is 4.79 Å². The quantitative estimate of drug-likeness (QED) is 0.474. The highest BCUT2D eigenvalue weighted by atomic mass is 16.1. The van der Waals surface area contributed by atoms with E-state index in [-0.39, 0.29) is 11.5 Å². The number of pyridine rings is 1. The number of benzene rings is 1. The van der Waals surface area contributed by atoms with Crippen LogP contribution in [0.15, 0.2) is 41.2 Å². The Balaban J connectivity index is 1.64. The maximum Gasteiger partial charge on any atom is 0.256 e. The molecule has 1 amide bonds. The van der Waals surface area contributed by atoms with Gasteiger partial charge in [-0.15, -0.1) is 0 Å². The fraction of sp³-hybridized carbons (Fsp3) is 0.462. The van der Waals surface area contributed by atoms with E-state index in [1.165, 1.54) is 25.3 Å². The number of unbranched alkanes of at least 4 members (excludes halogenated alkanes) is 1. The highest BCUT2D eigenvalue weighted by Crippen LogP contribution is 2.22. The Labute approximate surface area is 194 Å². The van der Waals surface area contributed by atoms with Crippen molar-refractivity contribution in [2.24, 2.45) is 5.92 Å². The minimum absolute atomic E-state index is 0.0764. The number of aryl methyl sites for hydroxylation is 1. The van der Waals surface area contributed by atoms with Gasteiger partial charge < -0.3 is 10.6 Å². The number of rotatable bonds is 10. The second-order valence-corrected chi connectivity index (χ2v) is 8.97. The number of aromatic nitrogens is 3. The van der Waals surface area contributed by atoms with Crippen molar-refractivity contribution in [1.29, 1.82) is 0 Å². The van der Waals surface area contributed by atoms with Crippen LogP contribution in [0.3, 0.4) is 0 Å². The first-order chi connectivity index (χ1) is 16.0. The van der Waals surface area contributed by atoms with E-state index in [0.29, 0.717) is 34.8 Å². The molecule has 2 N–H and O–H groups in total. The molecule has 1 aromatic carbocycles. The Hall–Kier alpha value is -3.22. The summed E-state index contributed by atoms with van der Waals surface area (Å²) in [6, 6.07) is 10.7. The van der Waals surface area contributed by atoms with Crippen LogP contribution in [0.5, 0.6) is 0 Å².